The van der Waals surface area contributed by atoms with Crippen LogP contribution in [-0.4, -0.2) is 32.4 Å². The lowest BCUT2D eigenvalue weighted by atomic mass is 10.2. The van der Waals surface area contributed by atoms with Crippen LogP contribution in [-0.2, 0) is 27.5 Å². The van der Waals surface area contributed by atoms with Crippen LogP contribution in [0.1, 0.15) is 37.8 Å². The SMILES string of the molecule is CCCNc1nc(S(=N)(=O)CCC)nc2c1CC(=O)N2Cc1ccccc1. The number of carbonyl (C=O) groups excluding carboxylic acids is 1. The van der Waals surface area contributed by atoms with E-state index < -0.39 is 9.73 Å². The Hall–Kier alpha value is -2.48. The summed E-state index contributed by atoms with van der Waals surface area (Å²) in [7, 11) is -3.09. The molecular weight excluding hydrogens is 362 g/mol. The van der Waals surface area contributed by atoms with Gasteiger partial charge in [-0.3, -0.25) is 9.69 Å². The summed E-state index contributed by atoms with van der Waals surface area (Å²) >= 11 is 0. The fourth-order valence-electron chi connectivity index (χ4n) is 3.05. The van der Waals surface area contributed by atoms with E-state index in [9.17, 15) is 9.00 Å². The van der Waals surface area contributed by atoms with Gasteiger partial charge < -0.3 is 5.32 Å². The van der Waals surface area contributed by atoms with Crippen molar-refractivity contribution in [2.45, 2.75) is 44.8 Å². The minimum Gasteiger partial charge on any atom is -0.370 e. The van der Waals surface area contributed by atoms with Crippen molar-refractivity contribution >= 4 is 27.3 Å². The molecule has 0 radical (unpaired) electrons. The smallest absolute Gasteiger partial charge is 0.233 e. The molecule has 0 spiro atoms. The number of hydrogen-bond acceptors (Lipinski definition) is 6. The molecule has 1 aromatic carbocycles. The number of amides is 1. The van der Waals surface area contributed by atoms with Gasteiger partial charge in [0.05, 0.1) is 13.0 Å². The van der Waals surface area contributed by atoms with Crippen molar-refractivity contribution in [3.8, 4) is 0 Å². The van der Waals surface area contributed by atoms with Gasteiger partial charge in [0.1, 0.15) is 21.4 Å². The summed E-state index contributed by atoms with van der Waals surface area (Å²) in [6.45, 7) is 4.99. The number of anilines is 2. The first-order chi connectivity index (χ1) is 13.0. The molecule has 1 unspecified atom stereocenters. The average Bonchev–Trinajstić information content (AvgIpc) is 2.96. The van der Waals surface area contributed by atoms with E-state index in [0.29, 0.717) is 31.1 Å². The van der Waals surface area contributed by atoms with Gasteiger partial charge in [-0.25, -0.2) is 19.0 Å². The maximum Gasteiger partial charge on any atom is 0.233 e. The molecule has 8 heteroatoms. The standard InChI is InChI=1S/C19H25N5O2S/c1-3-10-21-17-15-12-16(25)24(13-14-8-6-5-7-9-14)18(15)23-19(22-17)27(20,26)11-4-2/h5-9,20H,3-4,10-13H2,1-2H3,(H,21,22,23). The quantitative estimate of drug-likeness (QED) is 0.678. The van der Waals surface area contributed by atoms with E-state index in [4.69, 9.17) is 4.78 Å². The van der Waals surface area contributed by atoms with Gasteiger partial charge in [0.2, 0.25) is 11.1 Å². The van der Waals surface area contributed by atoms with Crippen molar-refractivity contribution in [1.82, 2.24) is 9.97 Å². The van der Waals surface area contributed by atoms with Gasteiger partial charge in [-0.15, -0.1) is 0 Å². The summed E-state index contributed by atoms with van der Waals surface area (Å²) < 4.78 is 21.0. The molecule has 3 rings (SSSR count). The Labute approximate surface area is 160 Å². The molecule has 0 bridgehead atoms. The zero-order valence-corrected chi connectivity index (χ0v) is 16.5. The molecule has 1 aromatic heterocycles. The third-order valence-corrected chi connectivity index (χ3v) is 6.12. The number of rotatable bonds is 8. The largest absolute Gasteiger partial charge is 0.370 e. The second kappa shape index (κ2) is 8.04. The van der Waals surface area contributed by atoms with Crippen LogP contribution in [0.2, 0.25) is 0 Å². The molecule has 1 atom stereocenters. The summed E-state index contributed by atoms with van der Waals surface area (Å²) in [5.41, 5.74) is 1.71. The highest BCUT2D eigenvalue weighted by molar-refractivity contribution is 7.92. The van der Waals surface area contributed by atoms with Crippen LogP contribution in [0.15, 0.2) is 35.5 Å². The molecule has 2 aromatic rings. The molecular formula is C19H25N5O2S. The molecule has 0 saturated heterocycles. The topological polar surface area (TPSA) is 99.0 Å². The normalized spacial score (nSPS) is 15.5. The van der Waals surface area contributed by atoms with Crippen LogP contribution in [0.4, 0.5) is 11.6 Å². The van der Waals surface area contributed by atoms with Crippen LogP contribution in [0.3, 0.4) is 0 Å². The first-order valence-corrected chi connectivity index (χ1v) is 10.9. The molecule has 144 valence electrons. The Morgan fingerprint density at radius 2 is 1.93 bits per heavy atom. The van der Waals surface area contributed by atoms with Crippen molar-refractivity contribution in [3.05, 3.63) is 41.5 Å². The van der Waals surface area contributed by atoms with E-state index in [1.807, 2.05) is 44.2 Å². The van der Waals surface area contributed by atoms with E-state index in [0.717, 1.165) is 17.5 Å². The highest BCUT2D eigenvalue weighted by Crippen LogP contribution is 2.34. The van der Waals surface area contributed by atoms with Gasteiger partial charge in [-0.05, 0) is 18.4 Å². The van der Waals surface area contributed by atoms with Crippen molar-refractivity contribution in [2.24, 2.45) is 0 Å². The fraction of sp³-hybridized carbons (Fsp3) is 0.421. The summed E-state index contributed by atoms with van der Waals surface area (Å²) in [5, 5.41) is 3.22. The second-order valence-corrected chi connectivity index (χ2v) is 8.73. The summed E-state index contributed by atoms with van der Waals surface area (Å²) in [6.07, 6.45) is 1.70. The molecule has 0 aliphatic carbocycles. The summed E-state index contributed by atoms with van der Waals surface area (Å²) in [4.78, 5) is 23.1. The highest BCUT2D eigenvalue weighted by Gasteiger charge is 2.33. The molecule has 1 amide bonds. The maximum absolute atomic E-state index is 12.8. The van der Waals surface area contributed by atoms with Gasteiger partial charge in [-0.2, -0.15) is 0 Å². The van der Waals surface area contributed by atoms with Gasteiger partial charge >= 0.3 is 0 Å². The lowest BCUT2D eigenvalue weighted by Crippen LogP contribution is -2.27. The minimum absolute atomic E-state index is 0.00876. The Kier molecular flexibility index (Phi) is 5.74. The average molecular weight is 388 g/mol. The molecule has 1 aliphatic rings. The van der Waals surface area contributed by atoms with Crippen molar-refractivity contribution in [3.63, 3.8) is 0 Å². The zero-order chi connectivity index (χ0) is 19.4. The van der Waals surface area contributed by atoms with Gasteiger partial charge in [0.15, 0.2) is 0 Å². The van der Waals surface area contributed by atoms with E-state index in [-0.39, 0.29) is 23.2 Å². The number of nitrogens with one attached hydrogen (secondary N) is 2. The third kappa shape index (κ3) is 4.10. The van der Waals surface area contributed by atoms with Crippen molar-refractivity contribution in [2.75, 3.05) is 22.5 Å². The van der Waals surface area contributed by atoms with Gasteiger partial charge in [0, 0.05) is 17.9 Å². The highest BCUT2D eigenvalue weighted by atomic mass is 32.2. The number of benzene rings is 1. The van der Waals surface area contributed by atoms with Crippen LogP contribution in [0.5, 0.6) is 0 Å². The number of fused-ring (bicyclic) bond motifs is 1. The zero-order valence-electron chi connectivity index (χ0n) is 15.7. The van der Waals surface area contributed by atoms with Crippen LogP contribution >= 0.6 is 0 Å². The summed E-state index contributed by atoms with van der Waals surface area (Å²) in [6, 6.07) is 9.68. The first-order valence-electron chi connectivity index (χ1n) is 9.21. The van der Waals surface area contributed by atoms with E-state index in [2.05, 4.69) is 15.3 Å². The molecule has 7 nitrogen and oxygen atoms in total. The third-order valence-electron chi connectivity index (χ3n) is 4.36. The monoisotopic (exact) mass is 387 g/mol. The Bertz CT molecular complexity index is 929. The van der Waals surface area contributed by atoms with Crippen LogP contribution in [0, 0.1) is 4.78 Å². The van der Waals surface area contributed by atoms with Crippen molar-refractivity contribution < 1.29 is 9.00 Å². The predicted octanol–water partition coefficient (Wildman–Crippen LogP) is 3.20. The molecule has 2 heterocycles. The second-order valence-electron chi connectivity index (χ2n) is 6.61. The minimum atomic E-state index is -3.09. The van der Waals surface area contributed by atoms with Crippen molar-refractivity contribution in [1.29, 1.82) is 4.78 Å². The maximum atomic E-state index is 12.8. The predicted molar refractivity (Wildman–Crippen MR) is 106 cm³/mol. The fourth-order valence-corrected chi connectivity index (χ4v) is 4.28. The molecule has 1 aliphatic heterocycles. The number of aromatic nitrogens is 2. The van der Waals surface area contributed by atoms with Crippen LogP contribution in [0.25, 0.3) is 0 Å². The van der Waals surface area contributed by atoms with E-state index in [1.165, 1.54) is 0 Å². The Balaban J connectivity index is 2.06. The summed E-state index contributed by atoms with van der Waals surface area (Å²) in [5.74, 6) is 1.14. The molecule has 2 N–H and O–H groups in total. The number of hydrogen-bond donors (Lipinski definition) is 2. The molecule has 27 heavy (non-hydrogen) atoms. The number of carbonyl (C=O) groups is 1. The number of nitrogens with zero attached hydrogens (tertiary/aromatic N) is 3. The van der Waals surface area contributed by atoms with Gasteiger partial charge in [-0.1, -0.05) is 44.2 Å². The molecule has 0 saturated carbocycles. The van der Waals surface area contributed by atoms with E-state index >= 15 is 0 Å². The lowest BCUT2D eigenvalue weighted by molar-refractivity contribution is -0.117. The molecule has 0 fully saturated rings. The Morgan fingerprint density at radius 1 is 1.19 bits per heavy atom. The lowest BCUT2D eigenvalue weighted by Gasteiger charge is -2.18. The van der Waals surface area contributed by atoms with Crippen LogP contribution < -0.4 is 10.2 Å². The Morgan fingerprint density at radius 3 is 2.59 bits per heavy atom. The van der Waals surface area contributed by atoms with Gasteiger partial charge in [0.25, 0.3) is 0 Å². The van der Waals surface area contributed by atoms with E-state index in [1.54, 1.807) is 4.90 Å². The first kappa shape index (κ1) is 19.3.